The lowest BCUT2D eigenvalue weighted by molar-refractivity contribution is -0.113. The van der Waals surface area contributed by atoms with E-state index in [0.29, 0.717) is 11.3 Å². The monoisotopic (exact) mass is 358 g/mol. The molecule has 122 valence electrons. The van der Waals surface area contributed by atoms with Crippen molar-refractivity contribution in [3.63, 3.8) is 0 Å². The third-order valence-electron chi connectivity index (χ3n) is 3.21. The average molecular weight is 358 g/mol. The maximum absolute atomic E-state index is 12.2. The maximum Gasteiger partial charge on any atom is 0.339 e. The number of para-hydroxylation sites is 2. The van der Waals surface area contributed by atoms with Crippen molar-refractivity contribution in [3.8, 4) is 0 Å². The molecule has 1 N–H and O–H groups in total. The number of hydrogen-bond acceptors (Lipinski definition) is 6. The number of fused-ring (bicyclic) bond motifs is 1. The molecule has 3 rings (SSSR count). The Bertz CT molecular complexity index is 859. The summed E-state index contributed by atoms with van der Waals surface area (Å²) in [7, 11) is 1.31. The molecular weight excluding hydrogens is 344 g/mol. The molecule has 1 heterocycles. The number of ether oxygens (including phenoxy) is 1. The van der Waals surface area contributed by atoms with E-state index in [9.17, 15) is 9.59 Å². The molecule has 3 aromatic rings. The van der Waals surface area contributed by atoms with E-state index in [2.05, 4.69) is 10.3 Å². The van der Waals surface area contributed by atoms with E-state index in [-0.39, 0.29) is 11.7 Å². The van der Waals surface area contributed by atoms with Gasteiger partial charge in [0, 0.05) is 0 Å². The predicted octanol–water partition coefficient (Wildman–Crippen LogP) is 3.81. The van der Waals surface area contributed by atoms with Crippen LogP contribution in [0.25, 0.3) is 10.2 Å². The second-order valence-electron chi connectivity index (χ2n) is 4.82. The zero-order valence-electron chi connectivity index (χ0n) is 12.8. The van der Waals surface area contributed by atoms with E-state index in [1.165, 1.54) is 18.9 Å². The van der Waals surface area contributed by atoms with Gasteiger partial charge in [-0.15, -0.1) is 11.3 Å². The van der Waals surface area contributed by atoms with Crippen molar-refractivity contribution in [2.24, 2.45) is 0 Å². The van der Waals surface area contributed by atoms with Crippen molar-refractivity contribution in [2.45, 2.75) is 4.34 Å². The zero-order valence-corrected chi connectivity index (χ0v) is 14.4. The van der Waals surface area contributed by atoms with E-state index in [4.69, 9.17) is 4.74 Å². The lowest BCUT2D eigenvalue weighted by Crippen LogP contribution is -2.17. The van der Waals surface area contributed by atoms with Crippen molar-refractivity contribution < 1.29 is 14.3 Å². The number of benzene rings is 2. The maximum atomic E-state index is 12.2. The van der Waals surface area contributed by atoms with Gasteiger partial charge in [-0.1, -0.05) is 36.0 Å². The van der Waals surface area contributed by atoms with Crippen LogP contribution >= 0.6 is 23.1 Å². The van der Waals surface area contributed by atoms with Crippen molar-refractivity contribution in [1.29, 1.82) is 0 Å². The quantitative estimate of drug-likeness (QED) is 0.555. The highest BCUT2D eigenvalue weighted by Crippen LogP contribution is 2.29. The minimum absolute atomic E-state index is 0.199. The number of amides is 1. The smallest absolute Gasteiger partial charge is 0.339 e. The second kappa shape index (κ2) is 7.46. The lowest BCUT2D eigenvalue weighted by Gasteiger charge is -2.08. The first-order valence-corrected chi connectivity index (χ1v) is 8.93. The van der Waals surface area contributed by atoms with Gasteiger partial charge in [0.05, 0.1) is 34.3 Å². The first-order valence-electron chi connectivity index (χ1n) is 7.13. The number of anilines is 1. The third kappa shape index (κ3) is 3.74. The van der Waals surface area contributed by atoms with Crippen LogP contribution in [0.2, 0.25) is 0 Å². The summed E-state index contributed by atoms with van der Waals surface area (Å²) in [5.41, 5.74) is 1.71. The predicted molar refractivity (Wildman–Crippen MR) is 96.8 cm³/mol. The molecule has 7 heteroatoms. The summed E-state index contributed by atoms with van der Waals surface area (Å²) >= 11 is 2.93. The highest BCUT2D eigenvalue weighted by Gasteiger charge is 2.14. The normalized spacial score (nSPS) is 10.5. The van der Waals surface area contributed by atoms with Gasteiger partial charge in [0.15, 0.2) is 4.34 Å². The summed E-state index contributed by atoms with van der Waals surface area (Å²) < 4.78 is 6.65. The highest BCUT2D eigenvalue weighted by atomic mass is 32.2. The van der Waals surface area contributed by atoms with Gasteiger partial charge >= 0.3 is 5.97 Å². The number of carbonyl (C=O) groups is 2. The summed E-state index contributed by atoms with van der Waals surface area (Å²) in [5, 5.41) is 2.75. The fourth-order valence-electron chi connectivity index (χ4n) is 2.11. The molecule has 0 atom stereocenters. The topological polar surface area (TPSA) is 68.3 Å². The molecule has 0 aliphatic heterocycles. The highest BCUT2D eigenvalue weighted by molar-refractivity contribution is 8.01. The number of rotatable bonds is 5. The Balaban J connectivity index is 1.65. The molecule has 0 saturated carbocycles. The number of hydrogen-bond donors (Lipinski definition) is 1. The van der Waals surface area contributed by atoms with Gasteiger partial charge in [-0.2, -0.15) is 0 Å². The minimum atomic E-state index is -0.482. The fourth-order valence-corrected chi connectivity index (χ4v) is 3.97. The molecule has 0 unspecified atom stereocenters. The molecule has 0 fully saturated rings. The van der Waals surface area contributed by atoms with Gasteiger partial charge in [-0.3, -0.25) is 4.79 Å². The van der Waals surface area contributed by atoms with Crippen LogP contribution < -0.4 is 5.32 Å². The summed E-state index contributed by atoms with van der Waals surface area (Å²) in [4.78, 5) is 28.3. The minimum Gasteiger partial charge on any atom is -0.465 e. The number of esters is 1. The van der Waals surface area contributed by atoms with Crippen LogP contribution in [0, 0.1) is 0 Å². The summed E-state index contributed by atoms with van der Waals surface area (Å²) in [6.07, 6.45) is 0. The largest absolute Gasteiger partial charge is 0.465 e. The number of thioether (sulfide) groups is 1. The van der Waals surface area contributed by atoms with Gasteiger partial charge < -0.3 is 10.1 Å². The number of aromatic nitrogens is 1. The molecule has 24 heavy (non-hydrogen) atoms. The first kappa shape index (κ1) is 16.5. The number of nitrogens with one attached hydrogen (secondary N) is 1. The second-order valence-corrected chi connectivity index (χ2v) is 7.07. The van der Waals surface area contributed by atoms with Crippen molar-refractivity contribution in [2.75, 3.05) is 18.2 Å². The van der Waals surface area contributed by atoms with Crippen LogP contribution in [0.1, 0.15) is 10.4 Å². The van der Waals surface area contributed by atoms with Crippen molar-refractivity contribution in [3.05, 3.63) is 54.1 Å². The van der Waals surface area contributed by atoms with Gasteiger partial charge in [-0.05, 0) is 24.3 Å². The van der Waals surface area contributed by atoms with Gasteiger partial charge in [0.2, 0.25) is 5.91 Å². The molecule has 0 radical (unpaired) electrons. The average Bonchev–Trinajstić information content (AvgIpc) is 3.03. The first-order chi connectivity index (χ1) is 11.7. The summed E-state index contributed by atoms with van der Waals surface area (Å²) in [6.45, 7) is 0. The zero-order chi connectivity index (χ0) is 16.9. The van der Waals surface area contributed by atoms with Crippen LogP contribution in [-0.2, 0) is 9.53 Å². The number of carbonyl (C=O) groups excluding carboxylic acids is 2. The lowest BCUT2D eigenvalue weighted by atomic mass is 10.2. The molecule has 0 bridgehead atoms. The van der Waals surface area contributed by atoms with Crippen LogP contribution in [-0.4, -0.2) is 29.7 Å². The van der Waals surface area contributed by atoms with Gasteiger partial charge in [-0.25, -0.2) is 9.78 Å². The molecule has 2 aromatic carbocycles. The number of nitrogens with zero attached hydrogens (tertiary/aromatic N) is 1. The van der Waals surface area contributed by atoms with E-state index in [0.717, 1.165) is 14.6 Å². The molecule has 0 aliphatic rings. The molecule has 1 aromatic heterocycles. The van der Waals surface area contributed by atoms with E-state index < -0.39 is 5.97 Å². The van der Waals surface area contributed by atoms with Crippen LogP contribution in [0.5, 0.6) is 0 Å². The van der Waals surface area contributed by atoms with E-state index >= 15 is 0 Å². The summed E-state index contributed by atoms with van der Waals surface area (Å²) in [6, 6.07) is 14.6. The summed E-state index contributed by atoms with van der Waals surface area (Å²) in [5.74, 6) is -0.463. The van der Waals surface area contributed by atoms with Crippen LogP contribution in [0.3, 0.4) is 0 Å². The SMILES string of the molecule is COC(=O)c1ccccc1NC(=O)CSc1nc2ccccc2s1. The third-order valence-corrected chi connectivity index (χ3v) is 5.39. The Kier molecular flexibility index (Phi) is 5.12. The number of thiazole rings is 1. The van der Waals surface area contributed by atoms with Gasteiger partial charge in [0.1, 0.15) is 0 Å². The van der Waals surface area contributed by atoms with Crippen LogP contribution in [0.15, 0.2) is 52.9 Å². The Morgan fingerprint density at radius 1 is 1.17 bits per heavy atom. The number of methoxy groups -OCH3 is 1. The van der Waals surface area contributed by atoms with E-state index in [1.54, 1.807) is 35.6 Å². The van der Waals surface area contributed by atoms with Gasteiger partial charge in [0.25, 0.3) is 0 Å². The Labute approximate surface area is 147 Å². The van der Waals surface area contributed by atoms with E-state index in [1.807, 2.05) is 24.3 Å². The Morgan fingerprint density at radius 2 is 1.92 bits per heavy atom. The molecule has 1 amide bonds. The Hall–Kier alpha value is -2.38. The molecular formula is C17H14N2O3S2. The van der Waals surface area contributed by atoms with Crippen molar-refractivity contribution >= 4 is 50.9 Å². The molecule has 0 aliphatic carbocycles. The molecule has 0 spiro atoms. The van der Waals surface area contributed by atoms with Crippen LogP contribution in [0.4, 0.5) is 5.69 Å². The standard InChI is InChI=1S/C17H14N2O3S2/c1-22-16(21)11-6-2-3-7-12(11)18-15(20)10-23-17-19-13-8-4-5-9-14(13)24-17/h2-9H,10H2,1H3,(H,18,20). The Morgan fingerprint density at radius 3 is 2.71 bits per heavy atom. The molecule has 0 saturated heterocycles. The fraction of sp³-hybridized carbons (Fsp3) is 0.118. The van der Waals surface area contributed by atoms with Crippen molar-refractivity contribution in [1.82, 2.24) is 4.98 Å². The molecule has 5 nitrogen and oxygen atoms in total.